The van der Waals surface area contributed by atoms with E-state index in [1.807, 2.05) is 24.3 Å². The van der Waals surface area contributed by atoms with Gasteiger partial charge in [-0.1, -0.05) is 34.1 Å². The van der Waals surface area contributed by atoms with E-state index in [9.17, 15) is 4.79 Å². The first-order chi connectivity index (χ1) is 7.63. The minimum absolute atomic E-state index is 0.197. The Morgan fingerprint density at radius 1 is 1.50 bits per heavy atom. The van der Waals surface area contributed by atoms with Gasteiger partial charge in [-0.05, 0) is 25.0 Å². The molecule has 1 aromatic rings. The number of hydrogen-bond acceptors (Lipinski definition) is 3. The third-order valence-corrected chi connectivity index (χ3v) is 2.95. The lowest BCUT2D eigenvalue weighted by Crippen LogP contribution is -2.27. The minimum Gasteiger partial charge on any atom is -0.466 e. The molecule has 2 N–H and O–H groups in total. The second-order valence-corrected chi connectivity index (χ2v) is 4.42. The maximum Gasteiger partial charge on any atom is 0.307 e. The van der Waals surface area contributed by atoms with Crippen molar-refractivity contribution in [1.29, 1.82) is 0 Å². The summed E-state index contributed by atoms with van der Waals surface area (Å²) < 4.78 is 5.87. The van der Waals surface area contributed by atoms with E-state index in [-0.39, 0.29) is 18.4 Å². The van der Waals surface area contributed by atoms with Crippen molar-refractivity contribution in [2.24, 2.45) is 5.73 Å². The zero-order chi connectivity index (χ0) is 12.0. The minimum atomic E-state index is -0.234. The Balaban J connectivity index is 2.48. The molecule has 1 aromatic carbocycles. The summed E-state index contributed by atoms with van der Waals surface area (Å²) >= 11 is 3.45. The topological polar surface area (TPSA) is 52.3 Å². The Bertz CT molecular complexity index is 355. The highest BCUT2D eigenvalue weighted by Crippen LogP contribution is 2.17. The summed E-state index contributed by atoms with van der Waals surface area (Å²) in [7, 11) is 0. The van der Waals surface area contributed by atoms with Crippen LogP contribution < -0.4 is 5.73 Å². The van der Waals surface area contributed by atoms with E-state index < -0.39 is 0 Å². The van der Waals surface area contributed by atoms with Gasteiger partial charge in [-0.15, -0.1) is 0 Å². The standard InChI is InChI=1S/C12H16BrNO2/c1-2-16-12(15)8-10(14)7-9-5-3-4-6-11(9)13/h3-6,10H,2,7-8,14H2,1H3/t10-/m1/s1. The summed E-state index contributed by atoms with van der Waals surface area (Å²) in [6.45, 7) is 2.19. The lowest BCUT2D eigenvalue weighted by Gasteiger charge is -2.11. The van der Waals surface area contributed by atoms with Crippen LogP contribution in [0.1, 0.15) is 18.9 Å². The van der Waals surface area contributed by atoms with Crippen molar-refractivity contribution >= 4 is 21.9 Å². The molecule has 0 unspecified atom stereocenters. The highest BCUT2D eigenvalue weighted by molar-refractivity contribution is 9.10. The summed E-state index contributed by atoms with van der Waals surface area (Å²) in [4.78, 5) is 11.2. The van der Waals surface area contributed by atoms with Gasteiger partial charge in [0.25, 0.3) is 0 Å². The van der Waals surface area contributed by atoms with Crippen LogP contribution in [0.2, 0.25) is 0 Å². The fourth-order valence-corrected chi connectivity index (χ4v) is 1.90. The van der Waals surface area contributed by atoms with Gasteiger partial charge >= 0.3 is 5.97 Å². The molecule has 0 bridgehead atoms. The van der Waals surface area contributed by atoms with E-state index in [2.05, 4.69) is 15.9 Å². The van der Waals surface area contributed by atoms with Gasteiger partial charge in [-0.25, -0.2) is 0 Å². The predicted molar refractivity (Wildman–Crippen MR) is 67.1 cm³/mol. The van der Waals surface area contributed by atoms with Gasteiger partial charge in [-0.3, -0.25) is 4.79 Å². The molecule has 0 aromatic heterocycles. The summed E-state index contributed by atoms with van der Waals surface area (Å²) in [6, 6.07) is 7.67. The monoisotopic (exact) mass is 285 g/mol. The van der Waals surface area contributed by atoms with E-state index in [0.29, 0.717) is 13.0 Å². The van der Waals surface area contributed by atoms with Crippen molar-refractivity contribution in [2.45, 2.75) is 25.8 Å². The second-order valence-electron chi connectivity index (χ2n) is 3.56. The van der Waals surface area contributed by atoms with Crippen LogP contribution in [0.15, 0.2) is 28.7 Å². The average Bonchev–Trinajstić information content (AvgIpc) is 2.21. The maximum atomic E-state index is 11.2. The Morgan fingerprint density at radius 3 is 2.81 bits per heavy atom. The molecule has 0 aliphatic carbocycles. The molecule has 1 atom stereocenters. The molecule has 4 heteroatoms. The molecular weight excluding hydrogens is 270 g/mol. The first-order valence-electron chi connectivity index (χ1n) is 5.28. The molecular formula is C12H16BrNO2. The molecule has 0 aliphatic heterocycles. The predicted octanol–water partition coefficient (Wildman–Crippen LogP) is 2.27. The van der Waals surface area contributed by atoms with Gasteiger partial charge in [-0.2, -0.15) is 0 Å². The molecule has 3 nitrogen and oxygen atoms in total. The molecule has 0 aliphatic rings. The first kappa shape index (κ1) is 13.2. The van der Waals surface area contributed by atoms with Crippen molar-refractivity contribution in [3.8, 4) is 0 Å². The molecule has 0 amide bonds. The third kappa shape index (κ3) is 4.33. The lowest BCUT2D eigenvalue weighted by atomic mass is 10.0. The Morgan fingerprint density at radius 2 is 2.19 bits per heavy atom. The molecule has 88 valence electrons. The van der Waals surface area contributed by atoms with Crippen LogP contribution in [0.5, 0.6) is 0 Å². The van der Waals surface area contributed by atoms with Crippen molar-refractivity contribution in [2.75, 3.05) is 6.61 Å². The molecule has 0 radical (unpaired) electrons. The Hall–Kier alpha value is -0.870. The number of benzene rings is 1. The largest absolute Gasteiger partial charge is 0.466 e. The number of rotatable bonds is 5. The number of hydrogen-bond donors (Lipinski definition) is 1. The molecule has 0 fully saturated rings. The zero-order valence-corrected chi connectivity index (χ0v) is 10.9. The quantitative estimate of drug-likeness (QED) is 0.845. The van der Waals surface area contributed by atoms with Crippen LogP contribution >= 0.6 is 15.9 Å². The van der Waals surface area contributed by atoms with Crippen molar-refractivity contribution < 1.29 is 9.53 Å². The third-order valence-electron chi connectivity index (χ3n) is 2.17. The average molecular weight is 286 g/mol. The molecule has 0 saturated heterocycles. The highest BCUT2D eigenvalue weighted by Gasteiger charge is 2.12. The van der Waals surface area contributed by atoms with Gasteiger partial charge in [0, 0.05) is 10.5 Å². The van der Waals surface area contributed by atoms with Crippen LogP contribution in [-0.2, 0) is 16.0 Å². The second kappa shape index (κ2) is 6.66. The van der Waals surface area contributed by atoms with E-state index in [1.165, 1.54) is 0 Å². The molecule has 1 rings (SSSR count). The Labute approximate surface area is 104 Å². The normalized spacial score (nSPS) is 12.2. The highest BCUT2D eigenvalue weighted by atomic mass is 79.9. The Kier molecular flexibility index (Phi) is 5.49. The van der Waals surface area contributed by atoms with Gasteiger partial charge in [0.05, 0.1) is 13.0 Å². The molecule has 0 spiro atoms. The van der Waals surface area contributed by atoms with Crippen molar-refractivity contribution in [3.63, 3.8) is 0 Å². The number of nitrogens with two attached hydrogens (primary N) is 1. The van der Waals surface area contributed by atoms with Crippen LogP contribution in [0.25, 0.3) is 0 Å². The number of halogens is 1. The van der Waals surface area contributed by atoms with E-state index in [1.54, 1.807) is 6.92 Å². The van der Waals surface area contributed by atoms with Crippen LogP contribution in [0, 0.1) is 0 Å². The van der Waals surface area contributed by atoms with E-state index in [0.717, 1.165) is 10.0 Å². The van der Waals surface area contributed by atoms with E-state index in [4.69, 9.17) is 10.5 Å². The lowest BCUT2D eigenvalue weighted by molar-refractivity contribution is -0.143. The fourth-order valence-electron chi connectivity index (χ4n) is 1.45. The summed E-state index contributed by atoms with van der Waals surface area (Å²) in [5.74, 6) is -0.234. The number of carbonyl (C=O) groups excluding carboxylic acids is 1. The smallest absolute Gasteiger partial charge is 0.307 e. The summed E-state index contributed by atoms with van der Waals surface area (Å²) in [5.41, 5.74) is 6.99. The maximum absolute atomic E-state index is 11.2. The molecule has 0 heterocycles. The van der Waals surface area contributed by atoms with Crippen LogP contribution in [0.4, 0.5) is 0 Å². The van der Waals surface area contributed by atoms with Gasteiger partial charge in [0.1, 0.15) is 0 Å². The molecule has 16 heavy (non-hydrogen) atoms. The molecule has 0 saturated carbocycles. The van der Waals surface area contributed by atoms with Gasteiger partial charge in [0.2, 0.25) is 0 Å². The number of ether oxygens (including phenoxy) is 1. The fraction of sp³-hybridized carbons (Fsp3) is 0.417. The van der Waals surface area contributed by atoms with Crippen molar-refractivity contribution in [3.05, 3.63) is 34.3 Å². The van der Waals surface area contributed by atoms with Crippen molar-refractivity contribution in [1.82, 2.24) is 0 Å². The van der Waals surface area contributed by atoms with E-state index >= 15 is 0 Å². The number of carbonyl (C=O) groups is 1. The van der Waals surface area contributed by atoms with Crippen LogP contribution in [0.3, 0.4) is 0 Å². The van der Waals surface area contributed by atoms with Gasteiger partial charge < -0.3 is 10.5 Å². The first-order valence-corrected chi connectivity index (χ1v) is 6.07. The van der Waals surface area contributed by atoms with Gasteiger partial charge in [0.15, 0.2) is 0 Å². The zero-order valence-electron chi connectivity index (χ0n) is 9.28. The van der Waals surface area contributed by atoms with Crippen LogP contribution in [-0.4, -0.2) is 18.6 Å². The number of esters is 1. The summed E-state index contributed by atoms with van der Waals surface area (Å²) in [5, 5.41) is 0. The summed E-state index contributed by atoms with van der Waals surface area (Å²) in [6.07, 6.45) is 0.926. The SMILES string of the molecule is CCOC(=O)C[C@H](N)Cc1ccccc1Br.